The first-order valence-electron chi connectivity index (χ1n) is 6.29. The van der Waals surface area contributed by atoms with Gasteiger partial charge < -0.3 is 21.1 Å². The molecule has 0 aliphatic carbocycles. The van der Waals surface area contributed by atoms with Crippen molar-refractivity contribution in [1.82, 2.24) is 10.6 Å². The van der Waals surface area contributed by atoms with E-state index in [1.807, 2.05) is 0 Å². The molecule has 2 atom stereocenters. The highest BCUT2D eigenvalue weighted by Gasteiger charge is 2.28. The topological polar surface area (TPSA) is 128 Å². The molecule has 0 heterocycles. The second kappa shape index (κ2) is 8.72. The van der Waals surface area contributed by atoms with Gasteiger partial charge in [-0.05, 0) is 6.92 Å². The van der Waals surface area contributed by atoms with Crippen molar-refractivity contribution >= 4 is 23.7 Å². The Morgan fingerprint density at radius 1 is 1.14 bits per heavy atom. The smallest absolute Gasteiger partial charge is 0.333 e. The molecule has 0 aromatic heterocycles. The molecular formula is C13H21N3O5. The Hall–Kier alpha value is -2.38. The number of nitrogens with one attached hydrogen (secondary N) is 2. The number of esters is 1. The monoisotopic (exact) mass is 299 g/mol. The third-order valence-electron chi connectivity index (χ3n) is 2.42. The lowest BCUT2D eigenvalue weighted by Crippen LogP contribution is -2.51. The summed E-state index contributed by atoms with van der Waals surface area (Å²) in [6, 6.07) is -0.838. The zero-order valence-corrected chi connectivity index (χ0v) is 12.4. The van der Waals surface area contributed by atoms with Crippen molar-refractivity contribution in [2.45, 2.75) is 39.3 Å². The average molecular weight is 299 g/mol. The summed E-state index contributed by atoms with van der Waals surface area (Å²) in [5.74, 6) is -2.12. The first-order valence-corrected chi connectivity index (χ1v) is 6.29. The predicted molar refractivity (Wildman–Crippen MR) is 74.8 cm³/mol. The fraction of sp³-hybridized carbons (Fsp3) is 0.538. The molecule has 0 spiro atoms. The second-order valence-corrected chi connectivity index (χ2v) is 4.64. The third kappa shape index (κ3) is 8.40. The van der Waals surface area contributed by atoms with Crippen LogP contribution in [0.5, 0.6) is 0 Å². The molecule has 0 fully saturated rings. The van der Waals surface area contributed by atoms with Gasteiger partial charge in [-0.25, -0.2) is 4.79 Å². The lowest BCUT2D eigenvalue weighted by molar-refractivity contribution is -0.147. The molecule has 0 radical (unpaired) electrons. The number of amides is 3. The van der Waals surface area contributed by atoms with E-state index in [-0.39, 0.29) is 24.4 Å². The van der Waals surface area contributed by atoms with E-state index in [4.69, 9.17) is 10.5 Å². The number of nitrogens with two attached hydrogens (primary N) is 1. The summed E-state index contributed by atoms with van der Waals surface area (Å²) in [7, 11) is 0. The van der Waals surface area contributed by atoms with Gasteiger partial charge in [0.2, 0.25) is 17.7 Å². The Morgan fingerprint density at radius 3 is 2.10 bits per heavy atom. The van der Waals surface area contributed by atoms with Crippen molar-refractivity contribution in [2.75, 3.05) is 6.54 Å². The van der Waals surface area contributed by atoms with Crippen molar-refractivity contribution in [3.05, 3.63) is 12.2 Å². The molecule has 0 bridgehead atoms. The predicted octanol–water partition coefficient (Wildman–Crippen LogP) is -1.01. The van der Waals surface area contributed by atoms with Gasteiger partial charge >= 0.3 is 5.97 Å². The number of hydrogen-bond donors (Lipinski definition) is 3. The van der Waals surface area contributed by atoms with E-state index in [0.717, 1.165) is 0 Å². The zero-order valence-electron chi connectivity index (χ0n) is 12.4. The fourth-order valence-corrected chi connectivity index (χ4v) is 1.50. The number of carbonyl (C=O) groups is 4. The van der Waals surface area contributed by atoms with Crippen LogP contribution in [0.2, 0.25) is 0 Å². The molecule has 21 heavy (non-hydrogen) atoms. The number of rotatable bonds is 8. The van der Waals surface area contributed by atoms with E-state index in [1.165, 1.54) is 20.8 Å². The van der Waals surface area contributed by atoms with E-state index in [2.05, 4.69) is 17.2 Å². The van der Waals surface area contributed by atoms with Gasteiger partial charge in [-0.3, -0.25) is 14.4 Å². The SMILES string of the molecule is C=C(C)C(=O)OC(CNC(C)=O)C(CC(N)=O)NC(C)=O. The standard InChI is InChI=1S/C13H21N3O5/c1-7(2)13(20)21-11(6-15-8(3)17)10(5-12(14)19)16-9(4)18/h10-11H,1,5-6H2,2-4H3,(H2,14,19)(H,15,17)(H,16,18). The first kappa shape index (κ1) is 18.6. The lowest BCUT2D eigenvalue weighted by atomic mass is 10.1. The summed E-state index contributed by atoms with van der Waals surface area (Å²) >= 11 is 0. The summed E-state index contributed by atoms with van der Waals surface area (Å²) in [4.78, 5) is 44.9. The van der Waals surface area contributed by atoms with Crippen LogP contribution in [-0.4, -0.2) is 42.4 Å². The normalized spacial score (nSPS) is 12.7. The van der Waals surface area contributed by atoms with Crippen molar-refractivity contribution in [3.63, 3.8) is 0 Å². The molecule has 2 unspecified atom stereocenters. The molecule has 0 aromatic carbocycles. The Bertz CT molecular complexity index is 431. The summed E-state index contributed by atoms with van der Waals surface area (Å²) in [6.07, 6.45) is -1.16. The van der Waals surface area contributed by atoms with E-state index >= 15 is 0 Å². The maximum absolute atomic E-state index is 11.6. The lowest BCUT2D eigenvalue weighted by Gasteiger charge is -2.27. The minimum absolute atomic E-state index is 0.0629. The number of hydrogen-bond acceptors (Lipinski definition) is 5. The number of carbonyl (C=O) groups excluding carboxylic acids is 4. The van der Waals surface area contributed by atoms with Gasteiger partial charge in [-0.2, -0.15) is 0 Å². The zero-order chi connectivity index (χ0) is 16.6. The van der Waals surface area contributed by atoms with Crippen LogP contribution in [0.4, 0.5) is 0 Å². The Morgan fingerprint density at radius 2 is 1.71 bits per heavy atom. The van der Waals surface area contributed by atoms with Crippen LogP contribution in [0.3, 0.4) is 0 Å². The van der Waals surface area contributed by atoms with Gasteiger partial charge in [-0.1, -0.05) is 6.58 Å². The molecular weight excluding hydrogens is 278 g/mol. The van der Waals surface area contributed by atoms with E-state index < -0.39 is 29.9 Å². The van der Waals surface area contributed by atoms with Gasteiger partial charge in [-0.15, -0.1) is 0 Å². The van der Waals surface area contributed by atoms with E-state index in [9.17, 15) is 19.2 Å². The summed E-state index contributed by atoms with van der Waals surface area (Å²) < 4.78 is 5.15. The van der Waals surface area contributed by atoms with Crippen LogP contribution in [0, 0.1) is 0 Å². The quantitative estimate of drug-likeness (QED) is 0.391. The van der Waals surface area contributed by atoms with Crippen LogP contribution in [0.25, 0.3) is 0 Å². The van der Waals surface area contributed by atoms with Crippen LogP contribution < -0.4 is 16.4 Å². The molecule has 4 N–H and O–H groups in total. The molecule has 0 aromatic rings. The van der Waals surface area contributed by atoms with Gasteiger partial charge in [0.25, 0.3) is 0 Å². The molecule has 3 amide bonds. The Labute approximate surface area is 123 Å². The fourth-order valence-electron chi connectivity index (χ4n) is 1.50. The van der Waals surface area contributed by atoms with Crippen molar-refractivity contribution < 1.29 is 23.9 Å². The molecule has 118 valence electrons. The highest BCUT2D eigenvalue weighted by Crippen LogP contribution is 2.07. The molecule has 0 aliphatic rings. The van der Waals surface area contributed by atoms with Gasteiger partial charge in [0.1, 0.15) is 6.10 Å². The third-order valence-corrected chi connectivity index (χ3v) is 2.42. The number of ether oxygens (including phenoxy) is 1. The largest absolute Gasteiger partial charge is 0.455 e. The highest BCUT2D eigenvalue weighted by molar-refractivity contribution is 5.87. The number of primary amides is 1. The van der Waals surface area contributed by atoms with Gasteiger partial charge in [0, 0.05) is 19.4 Å². The maximum Gasteiger partial charge on any atom is 0.333 e. The van der Waals surface area contributed by atoms with Crippen LogP contribution in [0.1, 0.15) is 27.2 Å². The van der Waals surface area contributed by atoms with Crippen molar-refractivity contribution in [2.24, 2.45) is 5.73 Å². The average Bonchev–Trinajstić information content (AvgIpc) is 2.31. The maximum atomic E-state index is 11.6. The van der Waals surface area contributed by atoms with Crippen molar-refractivity contribution in [1.29, 1.82) is 0 Å². The highest BCUT2D eigenvalue weighted by atomic mass is 16.5. The summed E-state index contributed by atoms with van der Waals surface area (Å²) in [5, 5.41) is 4.95. The first-order chi connectivity index (χ1) is 9.63. The minimum Gasteiger partial charge on any atom is -0.455 e. The Kier molecular flexibility index (Phi) is 7.74. The van der Waals surface area contributed by atoms with Gasteiger partial charge in [0.15, 0.2) is 0 Å². The van der Waals surface area contributed by atoms with Crippen LogP contribution in [-0.2, 0) is 23.9 Å². The Balaban J connectivity index is 5.09. The van der Waals surface area contributed by atoms with Crippen molar-refractivity contribution in [3.8, 4) is 0 Å². The summed E-state index contributed by atoms with van der Waals surface area (Å²) in [5.41, 5.74) is 5.27. The molecule has 0 rings (SSSR count). The van der Waals surface area contributed by atoms with Crippen LogP contribution >= 0.6 is 0 Å². The molecule has 8 heteroatoms. The molecule has 0 aliphatic heterocycles. The molecule has 0 saturated heterocycles. The van der Waals surface area contributed by atoms with E-state index in [1.54, 1.807) is 0 Å². The summed E-state index contributed by atoms with van der Waals surface area (Å²) in [6.45, 7) is 7.38. The van der Waals surface area contributed by atoms with E-state index in [0.29, 0.717) is 0 Å². The van der Waals surface area contributed by atoms with Crippen LogP contribution in [0.15, 0.2) is 12.2 Å². The second-order valence-electron chi connectivity index (χ2n) is 4.64. The minimum atomic E-state index is -0.936. The van der Waals surface area contributed by atoms with Gasteiger partial charge in [0.05, 0.1) is 19.0 Å². The molecule has 0 saturated carbocycles. The molecule has 8 nitrogen and oxygen atoms in total.